The van der Waals surface area contributed by atoms with Crippen molar-refractivity contribution in [2.24, 2.45) is 0 Å². The molecule has 1 N–H and O–H groups in total. The summed E-state index contributed by atoms with van der Waals surface area (Å²) in [5.74, 6) is 0.0679. The van der Waals surface area contributed by atoms with E-state index in [0.717, 1.165) is 29.8 Å². The number of halogens is 1. The van der Waals surface area contributed by atoms with E-state index >= 15 is 0 Å². The van der Waals surface area contributed by atoms with E-state index in [2.05, 4.69) is 11.8 Å². The molecule has 1 saturated heterocycles. The number of piperidine rings is 1. The summed E-state index contributed by atoms with van der Waals surface area (Å²) in [6, 6.07) is 14.1. The minimum atomic E-state index is -0.916. The SMILES string of the molecule is Cc1nc2cc3nn2c(c1CC(=O)O)N1CCC(C)(CC1)OC/C=C\COc1ccc(F)cc1-c1cccc-3c1. The molecule has 0 amide bonds. The molecule has 8 nitrogen and oxygen atoms in total. The van der Waals surface area contributed by atoms with Gasteiger partial charge in [-0.3, -0.25) is 4.79 Å². The lowest BCUT2D eigenvalue weighted by atomic mass is 9.93. The van der Waals surface area contributed by atoms with Gasteiger partial charge in [-0.25, -0.2) is 9.37 Å². The third-order valence-electron chi connectivity index (χ3n) is 7.77. The summed E-state index contributed by atoms with van der Waals surface area (Å²) in [6.07, 6.45) is 5.27. The molecule has 0 aliphatic carbocycles. The van der Waals surface area contributed by atoms with Crippen molar-refractivity contribution in [2.75, 3.05) is 31.2 Å². The Morgan fingerprint density at radius 2 is 1.85 bits per heavy atom. The summed E-state index contributed by atoms with van der Waals surface area (Å²) < 4.78 is 28.4. The molecule has 0 unspecified atom stereocenters. The minimum absolute atomic E-state index is 0.147. The predicted octanol–water partition coefficient (Wildman–Crippen LogP) is 5.46. The molecule has 0 saturated carbocycles. The maximum absolute atomic E-state index is 14.3. The quantitative estimate of drug-likeness (QED) is 0.337. The number of benzene rings is 2. The van der Waals surface area contributed by atoms with E-state index in [0.29, 0.717) is 60.2 Å². The number of rotatable bonds is 2. The molecule has 3 aliphatic heterocycles. The minimum Gasteiger partial charge on any atom is -0.489 e. The number of ether oxygens (including phenoxy) is 2. The summed E-state index contributed by atoms with van der Waals surface area (Å²) in [7, 11) is 0. The number of carboxylic acid groups (broad SMARTS) is 1. The number of fused-ring (bicyclic) bond motifs is 6. The summed E-state index contributed by atoms with van der Waals surface area (Å²) in [4.78, 5) is 18.8. The highest BCUT2D eigenvalue weighted by Crippen LogP contribution is 2.36. The molecule has 0 atom stereocenters. The van der Waals surface area contributed by atoms with E-state index in [1.807, 2.05) is 49.4 Å². The maximum atomic E-state index is 14.3. The fourth-order valence-electron chi connectivity index (χ4n) is 5.52. The first-order valence-corrected chi connectivity index (χ1v) is 13.5. The summed E-state index contributed by atoms with van der Waals surface area (Å²) in [6.45, 7) is 6.14. The normalized spacial score (nSPS) is 17.5. The highest BCUT2D eigenvalue weighted by molar-refractivity contribution is 5.78. The fourth-order valence-corrected chi connectivity index (χ4v) is 5.52. The summed E-state index contributed by atoms with van der Waals surface area (Å²) in [5.41, 5.74) is 4.61. The first-order valence-electron chi connectivity index (χ1n) is 13.5. The van der Waals surface area contributed by atoms with Crippen molar-refractivity contribution in [2.45, 2.75) is 38.7 Å². The first-order chi connectivity index (χ1) is 19.3. The van der Waals surface area contributed by atoms with Crippen LogP contribution in [-0.2, 0) is 16.0 Å². The Labute approximate surface area is 231 Å². The van der Waals surface area contributed by atoms with Gasteiger partial charge in [0.05, 0.1) is 24.3 Å². The molecule has 1 fully saturated rings. The number of nitrogens with zero attached hydrogens (tertiary/aromatic N) is 4. The Hall–Kier alpha value is -4.24. The topological polar surface area (TPSA) is 89.2 Å². The van der Waals surface area contributed by atoms with Gasteiger partial charge in [0.15, 0.2) is 5.65 Å². The lowest BCUT2D eigenvalue weighted by Gasteiger charge is -2.40. The van der Waals surface area contributed by atoms with E-state index < -0.39 is 5.97 Å². The molecule has 0 radical (unpaired) electrons. The first kappa shape index (κ1) is 26.0. The van der Waals surface area contributed by atoms with Crippen LogP contribution in [-0.4, -0.2) is 57.6 Å². The van der Waals surface area contributed by atoms with Crippen LogP contribution in [0.1, 0.15) is 31.0 Å². The molecule has 2 aromatic heterocycles. The van der Waals surface area contributed by atoms with Crippen LogP contribution in [0.2, 0.25) is 0 Å². The molecule has 5 heterocycles. The molecule has 0 spiro atoms. The van der Waals surface area contributed by atoms with Crippen molar-refractivity contribution < 1.29 is 23.8 Å². The van der Waals surface area contributed by atoms with Crippen LogP contribution in [0.5, 0.6) is 5.75 Å². The Morgan fingerprint density at radius 1 is 1.07 bits per heavy atom. The molecular weight excluding hydrogens is 511 g/mol. The molecule has 3 aliphatic rings. The van der Waals surface area contributed by atoms with Gasteiger partial charge < -0.3 is 19.5 Å². The Kier molecular flexibility index (Phi) is 6.75. The van der Waals surface area contributed by atoms with Crippen molar-refractivity contribution in [1.82, 2.24) is 14.6 Å². The number of aryl methyl sites for hydroxylation is 1. The summed E-state index contributed by atoms with van der Waals surface area (Å²) >= 11 is 0. The van der Waals surface area contributed by atoms with Crippen LogP contribution in [0.4, 0.5) is 10.2 Å². The second-order valence-electron chi connectivity index (χ2n) is 10.6. The van der Waals surface area contributed by atoms with Gasteiger partial charge in [0.25, 0.3) is 0 Å². The molecule has 206 valence electrons. The van der Waals surface area contributed by atoms with Gasteiger partial charge >= 0.3 is 5.97 Å². The number of carbonyl (C=O) groups is 1. The number of hydrogen-bond acceptors (Lipinski definition) is 6. The van der Waals surface area contributed by atoms with Crippen LogP contribution < -0.4 is 9.64 Å². The molecule has 2 aromatic carbocycles. The standard InChI is InChI=1S/C31H31FN4O4/c1-20-24(18-29(37)38)30-35-12-10-31(2,11-13-35)40-15-4-3-14-39-27-9-8-23(32)17-25(27)21-6-5-7-22(16-21)26-19-28(33-20)36(30)34-26/h3-9,16-17,19H,10-15,18H2,1-2H3,(H,37,38)/b4-3-. The second-order valence-corrected chi connectivity index (χ2v) is 10.6. The smallest absolute Gasteiger partial charge is 0.308 e. The number of hydrogen-bond donors (Lipinski definition) is 1. The van der Waals surface area contributed by atoms with Crippen molar-refractivity contribution in [3.8, 4) is 28.1 Å². The van der Waals surface area contributed by atoms with Crippen molar-refractivity contribution in [1.29, 1.82) is 0 Å². The van der Waals surface area contributed by atoms with Crippen molar-refractivity contribution in [3.05, 3.63) is 77.8 Å². The molecule has 9 heteroatoms. The monoisotopic (exact) mass is 542 g/mol. The number of carboxylic acids is 1. The average Bonchev–Trinajstić information content (AvgIpc) is 3.35. The van der Waals surface area contributed by atoms with Gasteiger partial charge in [-0.05, 0) is 62.6 Å². The van der Waals surface area contributed by atoms with Crippen molar-refractivity contribution in [3.63, 3.8) is 0 Å². The maximum Gasteiger partial charge on any atom is 0.308 e. The van der Waals surface area contributed by atoms with Crippen LogP contribution in [0.15, 0.2) is 60.7 Å². The zero-order chi connectivity index (χ0) is 27.9. The van der Waals surface area contributed by atoms with Crippen LogP contribution >= 0.6 is 0 Å². The van der Waals surface area contributed by atoms with E-state index in [4.69, 9.17) is 19.6 Å². The van der Waals surface area contributed by atoms with E-state index in [-0.39, 0.29) is 17.8 Å². The number of aromatic nitrogens is 3. The van der Waals surface area contributed by atoms with E-state index in [1.165, 1.54) is 12.1 Å². The van der Waals surface area contributed by atoms with Crippen LogP contribution in [0.25, 0.3) is 28.0 Å². The largest absolute Gasteiger partial charge is 0.489 e. The van der Waals surface area contributed by atoms with Gasteiger partial charge in [0, 0.05) is 41.5 Å². The molecule has 6 bridgehead atoms. The van der Waals surface area contributed by atoms with Gasteiger partial charge in [0.2, 0.25) is 0 Å². The Bertz CT molecular complexity index is 1620. The third-order valence-corrected chi connectivity index (χ3v) is 7.77. The zero-order valence-corrected chi connectivity index (χ0v) is 22.6. The van der Waals surface area contributed by atoms with Crippen LogP contribution in [0, 0.1) is 12.7 Å². The summed E-state index contributed by atoms with van der Waals surface area (Å²) in [5, 5.41) is 14.7. The van der Waals surface area contributed by atoms with E-state index in [9.17, 15) is 14.3 Å². The second kappa shape index (κ2) is 10.4. The van der Waals surface area contributed by atoms with E-state index in [1.54, 1.807) is 10.6 Å². The predicted molar refractivity (Wildman–Crippen MR) is 150 cm³/mol. The highest BCUT2D eigenvalue weighted by Gasteiger charge is 2.33. The fraction of sp³-hybridized carbons (Fsp3) is 0.323. The Morgan fingerprint density at radius 3 is 2.65 bits per heavy atom. The van der Waals surface area contributed by atoms with Gasteiger partial charge in [-0.1, -0.05) is 24.3 Å². The molecular formula is C31H31FN4O4. The molecule has 40 heavy (non-hydrogen) atoms. The molecule has 7 rings (SSSR count). The van der Waals surface area contributed by atoms with Gasteiger partial charge in [-0.2, -0.15) is 9.61 Å². The van der Waals surface area contributed by atoms with Gasteiger partial charge in [0.1, 0.15) is 24.0 Å². The van der Waals surface area contributed by atoms with Gasteiger partial charge in [-0.15, -0.1) is 0 Å². The molecule has 4 aromatic rings. The zero-order valence-electron chi connectivity index (χ0n) is 22.6. The average molecular weight is 543 g/mol. The lowest BCUT2D eigenvalue weighted by molar-refractivity contribution is -0.136. The number of anilines is 1. The highest BCUT2D eigenvalue weighted by atomic mass is 19.1. The Balaban J connectivity index is 1.53. The van der Waals surface area contributed by atoms with Crippen molar-refractivity contribution >= 4 is 17.4 Å². The lowest BCUT2D eigenvalue weighted by Crippen LogP contribution is -2.45. The van der Waals surface area contributed by atoms with Crippen LogP contribution in [0.3, 0.4) is 0 Å². The third kappa shape index (κ3) is 5.04. The number of aliphatic carboxylic acids is 1.